The zero-order valence-electron chi connectivity index (χ0n) is 15.5. The van der Waals surface area contributed by atoms with E-state index in [1.54, 1.807) is 41.2 Å². The molecule has 3 aromatic rings. The van der Waals surface area contributed by atoms with E-state index in [0.717, 1.165) is 30.2 Å². The topological polar surface area (TPSA) is 102 Å². The van der Waals surface area contributed by atoms with Crippen LogP contribution in [0.3, 0.4) is 0 Å². The molecule has 30 heavy (non-hydrogen) atoms. The Hall–Kier alpha value is -2.62. The van der Waals surface area contributed by atoms with E-state index in [4.69, 9.17) is 23.2 Å². The summed E-state index contributed by atoms with van der Waals surface area (Å²) in [6.07, 6.45) is 5.22. The van der Waals surface area contributed by atoms with Crippen LogP contribution in [-0.2, 0) is 4.79 Å². The number of urea groups is 1. The Kier molecular flexibility index (Phi) is 6.21. The Morgan fingerprint density at radius 3 is 2.70 bits per heavy atom. The molecule has 2 aromatic heterocycles. The quantitative estimate of drug-likeness (QED) is 0.541. The first-order valence-corrected chi connectivity index (χ1v) is 10.8. The second-order valence-corrected chi connectivity index (χ2v) is 8.32. The van der Waals surface area contributed by atoms with Gasteiger partial charge in [-0.25, -0.2) is 4.79 Å². The number of hydrogen-bond acceptors (Lipinski definition) is 6. The maximum absolute atomic E-state index is 12.2. The molecule has 3 amide bonds. The minimum atomic E-state index is -0.481. The Balaban J connectivity index is 1.57. The van der Waals surface area contributed by atoms with Gasteiger partial charge in [-0.15, -0.1) is 10.2 Å². The van der Waals surface area contributed by atoms with Gasteiger partial charge in [-0.2, -0.15) is 0 Å². The van der Waals surface area contributed by atoms with Crippen LogP contribution in [0.1, 0.15) is 12.8 Å². The number of hydrogen-bond donors (Lipinski definition) is 2. The highest BCUT2D eigenvalue weighted by Gasteiger charge is 2.24. The van der Waals surface area contributed by atoms with Gasteiger partial charge in [0, 0.05) is 24.0 Å². The van der Waals surface area contributed by atoms with Crippen LogP contribution in [0.25, 0.3) is 17.1 Å². The summed E-state index contributed by atoms with van der Waals surface area (Å²) in [4.78, 5) is 28.0. The maximum atomic E-state index is 12.2. The molecule has 1 fully saturated rings. The average Bonchev–Trinajstić information content (AvgIpc) is 3.44. The van der Waals surface area contributed by atoms with E-state index in [1.807, 2.05) is 6.07 Å². The van der Waals surface area contributed by atoms with E-state index in [2.05, 4.69) is 25.8 Å². The van der Waals surface area contributed by atoms with Crippen LogP contribution in [0, 0.1) is 0 Å². The minimum absolute atomic E-state index is 0.00934. The first-order chi connectivity index (χ1) is 14.5. The highest BCUT2D eigenvalue weighted by atomic mass is 35.5. The van der Waals surface area contributed by atoms with Crippen molar-refractivity contribution in [3.05, 3.63) is 52.8 Å². The van der Waals surface area contributed by atoms with Gasteiger partial charge in [0.05, 0.1) is 21.5 Å². The summed E-state index contributed by atoms with van der Waals surface area (Å²) < 4.78 is 1.77. The zero-order valence-corrected chi connectivity index (χ0v) is 17.8. The fraction of sp³-hybridized carbons (Fsp3) is 0.211. The fourth-order valence-electron chi connectivity index (χ4n) is 2.64. The van der Waals surface area contributed by atoms with Crippen LogP contribution in [0.4, 0.5) is 4.79 Å². The molecule has 0 aliphatic heterocycles. The molecule has 1 aromatic carbocycles. The van der Waals surface area contributed by atoms with Crippen molar-refractivity contribution in [2.24, 2.45) is 0 Å². The first-order valence-electron chi connectivity index (χ1n) is 9.05. The summed E-state index contributed by atoms with van der Waals surface area (Å²) in [6, 6.07) is 8.49. The number of imide groups is 1. The van der Waals surface area contributed by atoms with Crippen LogP contribution in [0.15, 0.2) is 47.9 Å². The molecule has 8 nitrogen and oxygen atoms in total. The molecule has 0 unspecified atom stereocenters. The van der Waals surface area contributed by atoms with E-state index < -0.39 is 11.9 Å². The van der Waals surface area contributed by atoms with E-state index >= 15 is 0 Å². The SMILES string of the molecule is O=C(CSc1nnc(-c2cccnc2)n1-c1ccc(Cl)c(Cl)c1)NC(=O)NC1CC1. The Labute approximate surface area is 186 Å². The Bertz CT molecular complexity index is 1090. The molecule has 1 aliphatic rings. The molecule has 1 aliphatic carbocycles. The number of nitrogens with zero attached hydrogens (tertiary/aromatic N) is 4. The summed E-state index contributed by atoms with van der Waals surface area (Å²) in [5.41, 5.74) is 1.43. The van der Waals surface area contributed by atoms with Crippen molar-refractivity contribution in [1.29, 1.82) is 0 Å². The van der Waals surface area contributed by atoms with E-state index in [9.17, 15) is 9.59 Å². The van der Waals surface area contributed by atoms with Gasteiger partial charge in [0.15, 0.2) is 11.0 Å². The van der Waals surface area contributed by atoms with Gasteiger partial charge in [-0.3, -0.25) is 19.7 Å². The second kappa shape index (κ2) is 9.03. The Morgan fingerprint density at radius 1 is 1.17 bits per heavy atom. The van der Waals surface area contributed by atoms with Crippen molar-refractivity contribution in [3.63, 3.8) is 0 Å². The maximum Gasteiger partial charge on any atom is 0.321 e. The van der Waals surface area contributed by atoms with E-state index in [1.165, 1.54) is 0 Å². The molecule has 0 bridgehead atoms. The predicted molar refractivity (Wildman–Crippen MR) is 115 cm³/mol. The largest absolute Gasteiger partial charge is 0.335 e. The average molecular weight is 463 g/mol. The number of rotatable bonds is 6. The van der Waals surface area contributed by atoms with Crippen molar-refractivity contribution in [2.75, 3.05) is 5.75 Å². The first kappa shape index (κ1) is 20.6. The van der Waals surface area contributed by atoms with Crippen LogP contribution >= 0.6 is 35.0 Å². The molecular formula is C19H16Cl2N6O2S. The molecule has 1 saturated carbocycles. The molecule has 0 atom stereocenters. The number of carbonyl (C=O) groups is 2. The van der Waals surface area contributed by atoms with Crippen LogP contribution in [0.5, 0.6) is 0 Å². The Morgan fingerprint density at radius 2 is 2.00 bits per heavy atom. The third-order valence-corrected chi connectivity index (χ3v) is 5.88. The van der Waals surface area contributed by atoms with E-state index in [-0.39, 0.29) is 11.8 Å². The third kappa shape index (κ3) is 4.92. The van der Waals surface area contributed by atoms with Gasteiger partial charge in [0.2, 0.25) is 5.91 Å². The van der Waals surface area contributed by atoms with Gasteiger partial charge >= 0.3 is 6.03 Å². The molecule has 0 saturated heterocycles. The molecule has 154 valence electrons. The summed E-state index contributed by atoms with van der Waals surface area (Å²) in [5.74, 6) is 0.102. The normalized spacial score (nSPS) is 13.1. The number of amides is 3. The van der Waals surface area contributed by atoms with Crippen LogP contribution in [0.2, 0.25) is 10.0 Å². The molecule has 0 radical (unpaired) electrons. The number of carbonyl (C=O) groups excluding carboxylic acids is 2. The number of halogens is 2. The lowest BCUT2D eigenvalue weighted by atomic mass is 10.2. The molecule has 11 heteroatoms. The summed E-state index contributed by atoms with van der Waals surface area (Å²) in [5, 5.41) is 14.8. The van der Waals surface area contributed by atoms with Gasteiger partial charge in [0.25, 0.3) is 0 Å². The van der Waals surface area contributed by atoms with E-state index in [0.29, 0.717) is 26.7 Å². The van der Waals surface area contributed by atoms with Crippen molar-refractivity contribution in [2.45, 2.75) is 24.0 Å². The lowest BCUT2D eigenvalue weighted by Gasteiger charge is -2.11. The van der Waals surface area contributed by atoms with Gasteiger partial charge in [0.1, 0.15) is 0 Å². The fourth-order valence-corrected chi connectivity index (χ4v) is 3.69. The molecular weight excluding hydrogens is 447 g/mol. The number of pyridine rings is 1. The van der Waals surface area contributed by atoms with Gasteiger partial charge < -0.3 is 5.32 Å². The van der Waals surface area contributed by atoms with Crippen LogP contribution in [-0.4, -0.2) is 43.5 Å². The van der Waals surface area contributed by atoms with Crippen molar-refractivity contribution < 1.29 is 9.59 Å². The predicted octanol–water partition coefficient (Wildman–Crippen LogP) is 3.72. The number of aromatic nitrogens is 4. The summed E-state index contributed by atoms with van der Waals surface area (Å²) in [6.45, 7) is 0. The van der Waals surface area contributed by atoms with Gasteiger partial charge in [-0.1, -0.05) is 35.0 Å². The van der Waals surface area contributed by atoms with Crippen LogP contribution < -0.4 is 10.6 Å². The number of nitrogens with one attached hydrogen (secondary N) is 2. The highest BCUT2D eigenvalue weighted by molar-refractivity contribution is 7.99. The monoisotopic (exact) mass is 462 g/mol. The molecule has 2 heterocycles. The number of thioether (sulfide) groups is 1. The smallest absolute Gasteiger partial charge is 0.321 e. The molecule has 0 spiro atoms. The second-order valence-electron chi connectivity index (χ2n) is 6.57. The standard InChI is InChI=1S/C19H16Cl2N6O2S/c20-14-6-5-13(8-15(14)21)27-17(11-2-1-7-22-9-11)25-26-19(27)30-10-16(28)24-18(29)23-12-3-4-12/h1-2,5-9,12H,3-4,10H2,(H2,23,24,28,29). The van der Waals surface area contributed by atoms with Crippen molar-refractivity contribution in [3.8, 4) is 17.1 Å². The number of benzene rings is 1. The molecule has 4 rings (SSSR count). The minimum Gasteiger partial charge on any atom is -0.335 e. The third-order valence-electron chi connectivity index (χ3n) is 4.21. The van der Waals surface area contributed by atoms with Crippen molar-refractivity contribution >= 4 is 46.9 Å². The lowest BCUT2D eigenvalue weighted by Crippen LogP contribution is -2.41. The summed E-state index contributed by atoms with van der Waals surface area (Å²) in [7, 11) is 0. The zero-order chi connectivity index (χ0) is 21.1. The highest BCUT2D eigenvalue weighted by Crippen LogP contribution is 2.31. The van der Waals surface area contributed by atoms with Crippen molar-refractivity contribution in [1.82, 2.24) is 30.4 Å². The van der Waals surface area contributed by atoms with Gasteiger partial charge in [-0.05, 0) is 43.2 Å². The summed E-state index contributed by atoms with van der Waals surface area (Å²) >= 11 is 13.4. The lowest BCUT2D eigenvalue weighted by molar-refractivity contribution is -0.117. The molecule has 2 N–H and O–H groups in total.